The molecule has 0 spiro atoms. The summed E-state index contributed by atoms with van der Waals surface area (Å²) >= 11 is 0. The molecule has 1 amide bonds. The lowest BCUT2D eigenvalue weighted by molar-refractivity contribution is -0.122. The molecule has 0 aromatic carbocycles. The Morgan fingerprint density at radius 2 is 2.38 bits per heavy atom. The summed E-state index contributed by atoms with van der Waals surface area (Å²) in [6.45, 7) is 4.60. The third kappa shape index (κ3) is 2.99. The number of rotatable bonds is 4. The van der Waals surface area contributed by atoms with Gasteiger partial charge in [0.15, 0.2) is 0 Å². The van der Waals surface area contributed by atoms with Gasteiger partial charge in [0.1, 0.15) is 11.6 Å². The number of amides is 1. The Balaban J connectivity index is 1.51. The number of hydrogen-bond acceptors (Lipinski definition) is 4. The number of nitrogens with zero attached hydrogens (tertiary/aromatic N) is 3. The fourth-order valence-corrected chi connectivity index (χ4v) is 2.88. The molecule has 1 aliphatic heterocycles. The number of carbonyl (C=O) groups excluding carboxylic acids is 1. The quantitative estimate of drug-likeness (QED) is 0.926. The maximum Gasteiger partial charge on any atom is 0.220 e. The Kier molecular flexibility index (Phi) is 3.77. The van der Waals surface area contributed by atoms with E-state index in [9.17, 15) is 4.79 Å². The molecule has 1 aliphatic rings. The molecule has 6 heteroatoms. The van der Waals surface area contributed by atoms with Gasteiger partial charge in [0, 0.05) is 43.4 Å². The zero-order chi connectivity index (χ0) is 14.8. The first-order chi connectivity index (χ1) is 10.1. The van der Waals surface area contributed by atoms with Crippen molar-refractivity contribution in [2.45, 2.75) is 52.1 Å². The van der Waals surface area contributed by atoms with Crippen LogP contribution in [0.25, 0.3) is 0 Å². The van der Waals surface area contributed by atoms with Crippen molar-refractivity contribution in [3.05, 3.63) is 35.2 Å². The zero-order valence-electron chi connectivity index (χ0n) is 12.4. The molecular weight excluding hydrogens is 268 g/mol. The van der Waals surface area contributed by atoms with E-state index in [4.69, 9.17) is 4.52 Å². The number of aryl methyl sites for hydroxylation is 3. The number of hydrogen-bond donors (Lipinski definition) is 1. The monoisotopic (exact) mass is 288 g/mol. The minimum Gasteiger partial charge on any atom is -0.361 e. The van der Waals surface area contributed by atoms with E-state index >= 15 is 0 Å². The van der Waals surface area contributed by atoms with Crippen LogP contribution in [0.1, 0.15) is 35.7 Å². The van der Waals surface area contributed by atoms with E-state index in [-0.39, 0.29) is 11.9 Å². The first-order valence-corrected chi connectivity index (χ1v) is 7.34. The van der Waals surface area contributed by atoms with E-state index in [1.54, 1.807) is 0 Å². The van der Waals surface area contributed by atoms with Crippen molar-refractivity contribution in [2.24, 2.45) is 0 Å². The Labute approximate surface area is 123 Å². The second kappa shape index (κ2) is 5.71. The summed E-state index contributed by atoms with van der Waals surface area (Å²) in [6.07, 6.45) is 6.80. The van der Waals surface area contributed by atoms with Gasteiger partial charge in [-0.1, -0.05) is 5.16 Å². The van der Waals surface area contributed by atoms with Crippen molar-refractivity contribution >= 4 is 5.91 Å². The van der Waals surface area contributed by atoms with Crippen LogP contribution < -0.4 is 5.32 Å². The topological polar surface area (TPSA) is 73.0 Å². The minimum absolute atomic E-state index is 0.0866. The van der Waals surface area contributed by atoms with Crippen LogP contribution >= 0.6 is 0 Å². The summed E-state index contributed by atoms with van der Waals surface area (Å²) < 4.78 is 7.23. The van der Waals surface area contributed by atoms with E-state index in [1.807, 2.05) is 26.2 Å². The zero-order valence-corrected chi connectivity index (χ0v) is 12.4. The molecule has 0 radical (unpaired) electrons. The molecule has 0 unspecified atom stereocenters. The molecule has 0 saturated heterocycles. The average Bonchev–Trinajstić information content (AvgIpc) is 3.04. The SMILES string of the molecule is Cc1noc(C)c1CCC(=O)N[C@@H]1CCc2nccn2C1. The molecule has 0 fully saturated rings. The van der Waals surface area contributed by atoms with Crippen LogP contribution in [0.2, 0.25) is 0 Å². The van der Waals surface area contributed by atoms with Gasteiger partial charge in [-0.05, 0) is 26.7 Å². The van der Waals surface area contributed by atoms with Crippen molar-refractivity contribution < 1.29 is 9.32 Å². The van der Waals surface area contributed by atoms with Crippen molar-refractivity contribution in [3.63, 3.8) is 0 Å². The summed E-state index contributed by atoms with van der Waals surface area (Å²) in [6, 6.07) is 0.198. The summed E-state index contributed by atoms with van der Waals surface area (Å²) in [5.74, 6) is 2.00. The first-order valence-electron chi connectivity index (χ1n) is 7.34. The Hall–Kier alpha value is -2.11. The Morgan fingerprint density at radius 3 is 3.14 bits per heavy atom. The fraction of sp³-hybridized carbons (Fsp3) is 0.533. The van der Waals surface area contributed by atoms with Crippen LogP contribution in [0.15, 0.2) is 16.9 Å². The molecule has 2 aromatic rings. The molecule has 112 valence electrons. The molecule has 0 bridgehead atoms. The Morgan fingerprint density at radius 1 is 1.52 bits per heavy atom. The molecule has 21 heavy (non-hydrogen) atoms. The van der Waals surface area contributed by atoms with Gasteiger partial charge in [-0.3, -0.25) is 4.79 Å². The fourth-order valence-electron chi connectivity index (χ4n) is 2.88. The number of fused-ring (bicyclic) bond motifs is 1. The molecule has 1 N–H and O–H groups in total. The second-order valence-electron chi connectivity index (χ2n) is 5.60. The van der Waals surface area contributed by atoms with Gasteiger partial charge in [-0.25, -0.2) is 4.98 Å². The summed E-state index contributed by atoms with van der Waals surface area (Å²) in [4.78, 5) is 16.4. The summed E-state index contributed by atoms with van der Waals surface area (Å²) in [5, 5.41) is 7.02. The lowest BCUT2D eigenvalue weighted by atomic mass is 10.1. The molecule has 0 saturated carbocycles. The summed E-state index contributed by atoms with van der Waals surface area (Å²) in [5.41, 5.74) is 1.92. The molecule has 3 rings (SSSR count). The van der Waals surface area contributed by atoms with Gasteiger partial charge in [-0.2, -0.15) is 0 Å². The van der Waals surface area contributed by atoms with Crippen LogP contribution in [0, 0.1) is 13.8 Å². The first kappa shape index (κ1) is 13.9. The highest BCUT2D eigenvalue weighted by Crippen LogP contribution is 2.15. The molecule has 1 atom stereocenters. The highest BCUT2D eigenvalue weighted by atomic mass is 16.5. The van der Waals surface area contributed by atoms with Gasteiger partial charge >= 0.3 is 0 Å². The lowest BCUT2D eigenvalue weighted by Gasteiger charge is -2.24. The minimum atomic E-state index is 0.0866. The van der Waals surface area contributed by atoms with Gasteiger partial charge in [0.2, 0.25) is 5.91 Å². The van der Waals surface area contributed by atoms with Crippen LogP contribution in [0.4, 0.5) is 0 Å². The van der Waals surface area contributed by atoms with E-state index < -0.39 is 0 Å². The Bertz CT molecular complexity index is 624. The van der Waals surface area contributed by atoms with Crippen LogP contribution in [0.5, 0.6) is 0 Å². The number of carbonyl (C=O) groups is 1. The molecule has 6 nitrogen and oxygen atoms in total. The predicted octanol–water partition coefficient (Wildman–Crippen LogP) is 1.55. The van der Waals surface area contributed by atoms with Gasteiger partial charge in [0.05, 0.1) is 5.69 Å². The molecule has 2 aromatic heterocycles. The van der Waals surface area contributed by atoms with E-state index in [1.165, 1.54) is 0 Å². The number of imidazole rings is 1. The molecule has 0 aliphatic carbocycles. The van der Waals surface area contributed by atoms with E-state index in [2.05, 4.69) is 20.0 Å². The maximum atomic E-state index is 12.1. The lowest BCUT2D eigenvalue weighted by Crippen LogP contribution is -2.41. The van der Waals surface area contributed by atoms with E-state index in [0.717, 1.165) is 42.2 Å². The van der Waals surface area contributed by atoms with Crippen molar-refractivity contribution in [1.82, 2.24) is 20.0 Å². The van der Waals surface area contributed by atoms with Crippen molar-refractivity contribution in [1.29, 1.82) is 0 Å². The average molecular weight is 288 g/mol. The van der Waals surface area contributed by atoms with Gasteiger partial charge in [-0.15, -0.1) is 0 Å². The predicted molar refractivity (Wildman–Crippen MR) is 76.8 cm³/mol. The van der Waals surface area contributed by atoms with Crippen molar-refractivity contribution in [3.8, 4) is 0 Å². The van der Waals surface area contributed by atoms with E-state index in [0.29, 0.717) is 12.8 Å². The number of nitrogens with one attached hydrogen (secondary N) is 1. The number of aromatic nitrogens is 3. The van der Waals surface area contributed by atoms with Gasteiger partial charge < -0.3 is 14.4 Å². The van der Waals surface area contributed by atoms with Gasteiger partial charge in [0.25, 0.3) is 0 Å². The largest absolute Gasteiger partial charge is 0.361 e. The van der Waals surface area contributed by atoms with Crippen LogP contribution in [-0.4, -0.2) is 26.7 Å². The smallest absolute Gasteiger partial charge is 0.220 e. The van der Waals surface area contributed by atoms with Crippen LogP contribution in [-0.2, 0) is 24.2 Å². The molecule has 3 heterocycles. The normalized spacial score (nSPS) is 17.5. The maximum absolute atomic E-state index is 12.1. The summed E-state index contributed by atoms with van der Waals surface area (Å²) in [7, 11) is 0. The molecular formula is C15H20N4O2. The second-order valence-corrected chi connectivity index (χ2v) is 5.60. The van der Waals surface area contributed by atoms with Crippen molar-refractivity contribution in [2.75, 3.05) is 0 Å². The standard InChI is InChI=1S/C15H20N4O2/c1-10-13(11(2)21-18-10)4-6-15(20)17-12-3-5-14-16-7-8-19(14)9-12/h7-8,12H,3-6,9H2,1-2H3,(H,17,20)/t12-/m1/s1. The highest BCUT2D eigenvalue weighted by molar-refractivity contribution is 5.76. The third-order valence-electron chi connectivity index (χ3n) is 4.08. The third-order valence-corrected chi connectivity index (χ3v) is 4.08. The van der Waals surface area contributed by atoms with Crippen LogP contribution in [0.3, 0.4) is 0 Å². The highest BCUT2D eigenvalue weighted by Gasteiger charge is 2.20.